The van der Waals surface area contributed by atoms with Gasteiger partial charge in [0.25, 0.3) is 0 Å². The van der Waals surface area contributed by atoms with Crippen LogP contribution in [0.15, 0.2) is 3.91 Å². The Hall–Kier alpha value is 0.118. The van der Waals surface area contributed by atoms with Gasteiger partial charge in [0.05, 0.1) is 0 Å². The van der Waals surface area contributed by atoms with Gasteiger partial charge in [-0.3, -0.25) is 0 Å². The van der Waals surface area contributed by atoms with E-state index >= 15 is 0 Å². The number of hydrogen-bond donors (Lipinski definition) is 2. The molecular weight excluding hydrogens is 164 g/mol. The minimum absolute atomic E-state index is 0. The van der Waals surface area contributed by atoms with E-state index < -0.39 is 0 Å². The molecule has 0 aromatic heterocycles. The van der Waals surface area contributed by atoms with Crippen LogP contribution in [-0.2, 0) is 0 Å². The van der Waals surface area contributed by atoms with Crippen LogP contribution in [0.2, 0.25) is 0 Å². The number of hydrogen-bond acceptors (Lipinski definition) is 1. The third kappa shape index (κ3) is 8.92. The Kier molecular flexibility index (Phi) is 8.06. The van der Waals surface area contributed by atoms with Crippen LogP contribution in [0.4, 0.5) is 0 Å². The first-order valence-corrected chi connectivity index (χ1v) is 2.14. The average molecular weight is 171 g/mol. The summed E-state index contributed by atoms with van der Waals surface area (Å²) in [5.74, 6) is 0.157. The number of rotatable bonds is 0. The summed E-state index contributed by atoms with van der Waals surface area (Å²) in [4.78, 5) is 0. The molecule has 0 amide bonds. The van der Waals surface area contributed by atoms with Gasteiger partial charge in [-0.15, -0.1) is 12.4 Å². The van der Waals surface area contributed by atoms with Crippen molar-refractivity contribution in [2.45, 2.75) is 0 Å². The van der Waals surface area contributed by atoms with Gasteiger partial charge in [-0.1, -0.05) is 0 Å². The Morgan fingerprint density at radius 2 is 1.67 bits per heavy atom. The molecule has 0 aliphatic heterocycles. The Labute approximate surface area is 51.3 Å². The molecule has 1 unspecified atom stereocenters. The fourth-order valence-electron chi connectivity index (χ4n) is 0. The van der Waals surface area contributed by atoms with Gasteiger partial charge in [0.1, 0.15) is 0 Å². The van der Waals surface area contributed by atoms with Gasteiger partial charge in [-0.05, 0) is 0 Å². The second-order valence-electron chi connectivity index (χ2n) is 0.554. The molecule has 3 nitrogen and oxygen atoms in total. The van der Waals surface area contributed by atoms with Gasteiger partial charge in [0.15, 0.2) is 0 Å². The number of nitrogens with two attached hydrogens (primary N) is 2. The van der Waals surface area contributed by atoms with Crippen LogP contribution in [0, 0.1) is 0 Å². The predicted octanol–water partition coefficient (Wildman–Crippen LogP) is -1.77. The molecule has 0 rings (SSSR count). The van der Waals surface area contributed by atoms with E-state index in [0.717, 1.165) is 0 Å². The van der Waals surface area contributed by atoms with E-state index in [1.54, 1.807) is 0 Å². The number of guanidine groups is 1. The summed E-state index contributed by atoms with van der Waals surface area (Å²) < 4.78 is 3.42. The molecule has 6 heavy (non-hydrogen) atoms. The maximum atomic E-state index is 4.84. The molecule has 0 heterocycles. The van der Waals surface area contributed by atoms with Gasteiger partial charge in [0, 0.05) is 0 Å². The molecule has 1 atom stereocenters. The molecule has 0 fully saturated rings. The van der Waals surface area contributed by atoms with Crippen molar-refractivity contribution in [1.29, 1.82) is 0 Å². The molecule has 0 aromatic rings. The van der Waals surface area contributed by atoms with Crippen LogP contribution in [0.3, 0.4) is 0 Å². The van der Waals surface area contributed by atoms with Gasteiger partial charge < -0.3 is 0 Å². The molecule has 0 aliphatic rings. The molecule has 0 radical (unpaired) electrons. The monoisotopic (exact) mass is 171 g/mol. The quantitative estimate of drug-likeness (QED) is 0.257. The van der Waals surface area contributed by atoms with E-state index in [2.05, 4.69) is 3.91 Å². The molecule has 0 aromatic carbocycles. The summed E-state index contributed by atoms with van der Waals surface area (Å²) in [6.07, 6.45) is 0. The Morgan fingerprint density at radius 3 is 1.67 bits per heavy atom. The van der Waals surface area contributed by atoms with Crippen molar-refractivity contribution in [2.75, 3.05) is 0 Å². The SMILES string of the molecule is Cl.NC(N)=N[AsH2]. The normalized spacial score (nSPS) is 5.50. The molecule has 0 spiro atoms. The summed E-state index contributed by atoms with van der Waals surface area (Å²) in [5.41, 5.74) is 9.67. The second kappa shape index (κ2) is 5.12. The van der Waals surface area contributed by atoms with Crippen molar-refractivity contribution in [1.82, 2.24) is 0 Å². The van der Waals surface area contributed by atoms with Crippen molar-refractivity contribution in [3.63, 3.8) is 0 Å². The van der Waals surface area contributed by atoms with E-state index in [0.29, 0.717) is 0 Å². The summed E-state index contributed by atoms with van der Waals surface area (Å²) in [7, 11) is 0. The first-order chi connectivity index (χ1) is 2.27. The summed E-state index contributed by atoms with van der Waals surface area (Å²) in [5, 5.41) is 0. The van der Waals surface area contributed by atoms with E-state index in [1.807, 2.05) is 0 Å². The Bertz CT molecular complexity index is 48.8. The van der Waals surface area contributed by atoms with E-state index in [1.165, 1.54) is 17.1 Å². The van der Waals surface area contributed by atoms with Gasteiger partial charge >= 0.3 is 38.4 Å². The van der Waals surface area contributed by atoms with Crippen LogP contribution in [-0.4, -0.2) is 23.0 Å². The first kappa shape index (κ1) is 9.45. The van der Waals surface area contributed by atoms with Gasteiger partial charge in [0.2, 0.25) is 0 Å². The van der Waals surface area contributed by atoms with Crippen LogP contribution < -0.4 is 11.5 Å². The summed E-state index contributed by atoms with van der Waals surface area (Å²) >= 11 is 1.17. The Morgan fingerprint density at radius 1 is 1.50 bits per heavy atom. The predicted molar refractivity (Wildman–Crippen MR) is 31.6 cm³/mol. The van der Waals surface area contributed by atoms with Crippen LogP contribution in [0.5, 0.6) is 0 Å². The van der Waals surface area contributed by atoms with Crippen LogP contribution in [0.1, 0.15) is 0 Å². The van der Waals surface area contributed by atoms with Crippen LogP contribution in [0.25, 0.3) is 0 Å². The summed E-state index contributed by atoms with van der Waals surface area (Å²) in [6.45, 7) is 0. The number of halogens is 1. The molecular formula is CH7AsClN3. The van der Waals surface area contributed by atoms with Gasteiger partial charge in [-0.2, -0.15) is 0 Å². The van der Waals surface area contributed by atoms with E-state index in [4.69, 9.17) is 11.5 Å². The third-order valence-electron chi connectivity index (χ3n) is 0.149. The molecule has 0 bridgehead atoms. The minimum atomic E-state index is 0. The second-order valence-corrected chi connectivity index (χ2v) is 1.10. The third-order valence-corrected chi connectivity index (χ3v) is 0.775. The van der Waals surface area contributed by atoms with Crippen molar-refractivity contribution < 1.29 is 0 Å². The van der Waals surface area contributed by atoms with E-state index in [-0.39, 0.29) is 18.4 Å². The van der Waals surface area contributed by atoms with Crippen molar-refractivity contribution in [3.05, 3.63) is 0 Å². The number of nitrogens with zero attached hydrogens (tertiary/aromatic N) is 1. The topological polar surface area (TPSA) is 64.4 Å². The average Bonchev–Trinajstić information content (AvgIpc) is 1.38. The zero-order chi connectivity index (χ0) is 4.28. The standard InChI is InChI=1S/CH6AsN3.ClH/c2-5-1(3)4;/h2H2,(H4,3,4,5);1H. The maximum absolute atomic E-state index is 4.84. The zero-order valence-corrected chi connectivity index (χ0v) is 6.33. The van der Waals surface area contributed by atoms with Gasteiger partial charge in [-0.25, -0.2) is 0 Å². The molecule has 0 aliphatic carbocycles. The molecule has 0 saturated carbocycles. The molecule has 5 heteroatoms. The molecule has 0 saturated heterocycles. The molecule has 38 valence electrons. The Balaban J connectivity index is 0. The van der Waals surface area contributed by atoms with Crippen LogP contribution >= 0.6 is 12.4 Å². The van der Waals surface area contributed by atoms with Crippen molar-refractivity contribution in [3.8, 4) is 0 Å². The first-order valence-electron chi connectivity index (χ1n) is 1.06. The van der Waals surface area contributed by atoms with E-state index in [9.17, 15) is 0 Å². The zero-order valence-electron chi connectivity index (χ0n) is 3.09. The fraction of sp³-hybridized carbons (Fsp3) is 0. The summed E-state index contributed by atoms with van der Waals surface area (Å²) in [6, 6.07) is 0. The molecule has 4 N–H and O–H groups in total. The van der Waals surface area contributed by atoms with Crippen molar-refractivity contribution in [2.24, 2.45) is 15.4 Å². The van der Waals surface area contributed by atoms with Crippen molar-refractivity contribution >= 4 is 35.4 Å². The fourth-order valence-corrected chi connectivity index (χ4v) is 0.